The van der Waals surface area contributed by atoms with Gasteiger partial charge in [-0.3, -0.25) is 9.59 Å². The van der Waals surface area contributed by atoms with Crippen molar-refractivity contribution in [1.29, 1.82) is 0 Å². The van der Waals surface area contributed by atoms with Crippen LogP contribution in [-0.4, -0.2) is 16.1 Å². The standard InChI is InChI=1S/C14H14BrN3O2/c1-8-5-10(15)6-9(2)11(8)7-16-14(20)12-3-4-13(19)18-17-12/h3-6H,7H2,1-2H3,(H,16,20)(H,18,19). The van der Waals surface area contributed by atoms with Crippen molar-refractivity contribution in [2.24, 2.45) is 0 Å². The molecule has 2 aromatic rings. The highest BCUT2D eigenvalue weighted by Crippen LogP contribution is 2.20. The number of hydrogen-bond acceptors (Lipinski definition) is 3. The van der Waals surface area contributed by atoms with Crippen molar-refractivity contribution in [3.05, 3.63) is 61.5 Å². The van der Waals surface area contributed by atoms with E-state index in [0.717, 1.165) is 21.2 Å². The zero-order chi connectivity index (χ0) is 14.7. The number of aromatic nitrogens is 2. The molecule has 0 bridgehead atoms. The first-order valence-electron chi connectivity index (χ1n) is 6.07. The van der Waals surface area contributed by atoms with E-state index in [4.69, 9.17) is 0 Å². The molecule has 0 atom stereocenters. The number of aromatic amines is 1. The second-order valence-electron chi connectivity index (χ2n) is 4.51. The van der Waals surface area contributed by atoms with Gasteiger partial charge >= 0.3 is 0 Å². The van der Waals surface area contributed by atoms with E-state index in [1.165, 1.54) is 12.1 Å². The lowest BCUT2D eigenvalue weighted by atomic mass is 10.0. The number of nitrogens with one attached hydrogen (secondary N) is 2. The van der Waals surface area contributed by atoms with Crippen LogP contribution in [0.25, 0.3) is 0 Å². The number of hydrogen-bond donors (Lipinski definition) is 2. The van der Waals surface area contributed by atoms with E-state index in [0.29, 0.717) is 6.54 Å². The van der Waals surface area contributed by atoms with Crippen molar-refractivity contribution in [3.8, 4) is 0 Å². The number of halogens is 1. The predicted molar refractivity (Wildman–Crippen MR) is 79.6 cm³/mol. The van der Waals surface area contributed by atoms with Gasteiger partial charge in [0.2, 0.25) is 0 Å². The van der Waals surface area contributed by atoms with Gasteiger partial charge in [-0.25, -0.2) is 5.10 Å². The topological polar surface area (TPSA) is 74.8 Å². The Morgan fingerprint density at radius 2 is 1.95 bits per heavy atom. The summed E-state index contributed by atoms with van der Waals surface area (Å²) in [6.45, 7) is 4.42. The maximum absolute atomic E-state index is 11.9. The summed E-state index contributed by atoms with van der Waals surface area (Å²) < 4.78 is 1.02. The molecule has 5 nitrogen and oxygen atoms in total. The van der Waals surface area contributed by atoms with Crippen LogP contribution in [0.3, 0.4) is 0 Å². The smallest absolute Gasteiger partial charge is 0.271 e. The molecule has 2 rings (SSSR count). The van der Waals surface area contributed by atoms with Gasteiger partial charge in [0.25, 0.3) is 11.5 Å². The molecule has 1 aromatic carbocycles. The second kappa shape index (κ2) is 6.00. The van der Waals surface area contributed by atoms with Gasteiger partial charge in [0, 0.05) is 17.1 Å². The average molecular weight is 336 g/mol. The minimum Gasteiger partial charge on any atom is -0.347 e. The highest BCUT2D eigenvalue weighted by molar-refractivity contribution is 9.10. The Morgan fingerprint density at radius 3 is 2.50 bits per heavy atom. The number of H-pyrrole nitrogens is 1. The minimum atomic E-state index is -0.332. The van der Waals surface area contributed by atoms with Gasteiger partial charge < -0.3 is 5.32 Å². The Balaban J connectivity index is 2.11. The molecule has 1 heterocycles. The van der Waals surface area contributed by atoms with Gasteiger partial charge in [-0.15, -0.1) is 0 Å². The Bertz CT molecular complexity index is 666. The Morgan fingerprint density at radius 1 is 1.30 bits per heavy atom. The first-order valence-corrected chi connectivity index (χ1v) is 6.86. The molecule has 0 spiro atoms. The highest BCUT2D eigenvalue weighted by atomic mass is 79.9. The molecule has 0 saturated carbocycles. The van der Waals surface area contributed by atoms with Crippen LogP contribution in [0.1, 0.15) is 27.2 Å². The molecule has 0 aliphatic carbocycles. The fraction of sp³-hybridized carbons (Fsp3) is 0.214. The van der Waals surface area contributed by atoms with Crippen molar-refractivity contribution >= 4 is 21.8 Å². The summed E-state index contributed by atoms with van der Waals surface area (Å²) in [7, 11) is 0. The first kappa shape index (κ1) is 14.5. The Labute approximate surface area is 124 Å². The quantitative estimate of drug-likeness (QED) is 0.901. The fourth-order valence-electron chi connectivity index (χ4n) is 1.95. The molecule has 0 radical (unpaired) electrons. The highest BCUT2D eigenvalue weighted by Gasteiger charge is 2.09. The fourth-order valence-corrected chi connectivity index (χ4v) is 2.64. The number of amides is 1. The summed E-state index contributed by atoms with van der Waals surface area (Å²) in [5.74, 6) is -0.317. The number of carbonyl (C=O) groups is 1. The van der Waals surface area contributed by atoms with Crippen LogP contribution in [0.2, 0.25) is 0 Å². The minimum absolute atomic E-state index is 0.192. The molecule has 20 heavy (non-hydrogen) atoms. The van der Waals surface area contributed by atoms with Gasteiger partial charge in [0.05, 0.1) is 0 Å². The molecule has 104 valence electrons. The van der Waals surface area contributed by atoms with Crippen LogP contribution in [0.4, 0.5) is 0 Å². The average Bonchev–Trinajstić information content (AvgIpc) is 2.38. The van der Waals surface area contributed by atoms with E-state index in [1.807, 2.05) is 26.0 Å². The molecule has 1 amide bonds. The molecule has 0 fully saturated rings. The lowest BCUT2D eigenvalue weighted by molar-refractivity contribution is 0.0944. The summed E-state index contributed by atoms with van der Waals surface area (Å²) in [6, 6.07) is 6.69. The number of benzene rings is 1. The molecule has 0 saturated heterocycles. The number of aryl methyl sites for hydroxylation is 2. The largest absolute Gasteiger partial charge is 0.347 e. The summed E-state index contributed by atoms with van der Waals surface area (Å²) >= 11 is 3.44. The number of rotatable bonds is 3. The molecular weight excluding hydrogens is 322 g/mol. The summed E-state index contributed by atoms with van der Waals surface area (Å²) in [5, 5.41) is 8.73. The van der Waals surface area contributed by atoms with E-state index in [9.17, 15) is 9.59 Å². The number of nitrogens with zero attached hydrogens (tertiary/aromatic N) is 1. The summed E-state index contributed by atoms with van der Waals surface area (Å²) in [6.07, 6.45) is 0. The molecule has 2 N–H and O–H groups in total. The number of carbonyl (C=O) groups excluding carboxylic acids is 1. The van der Waals surface area contributed by atoms with Crippen molar-refractivity contribution in [1.82, 2.24) is 15.5 Å². The maximum atomic E-state index is 11.9. The molecule has 6 heteroatoms. The van der Waals surface area contributed by atoms with Crippen molar-refractivity contribution in [2.75, 3.05) is 0 Å². The van der Waals surface area contributed by atoms with Gasteiger partial charge in [-0.2, -0.15) is 5.10 Å². The van der Waals surface area contributed by atoms with Crippen LogP contribution in [0, 0.1) is 13.8 Å². The van der Waals surface area contributed by atoms with Crippen LogP contribution in [-0.2, 0) is 6.54 Å². The van der Waals surface area contributed by atoms with Crippen LogP contribution in [0.5, 0.6) is 0 Å². The van der Waals surface area contributed by atoms with Crippen LogP contribution < -0.4 is 10.9 Å². The van der Waals surface area contributed by atoms with Gasteiger partial charge in [0.1, 0.15) is 5.69 Å². The lowest BCUT2D eigenvalue weighted by Gasteiger charge is -2.11. The van der Waals surface area contributed by atoms with Crippen LogP contribution in [0.15, 0.2) is 33.5 Å². The van der Waals surface area contributed by atoms with E-state index in [1.54, 1.807) is 0 Å². The molecule has 0 aliphatic heterocycles. The van der Waals surface area contributed by atoms with E-state index >= 15 is 0 Å². The van der Waals surface area contributed by atoms with E-state index in [2.05, 4.69) is 31.4 Å². The first-order chi connectivity index (χ1) is 9.47. The van der Waals surface area contributed by atoms with Crippen molar-refractivity contribution in [2.45, 2.75) is 20.4 Å². The van der Waals surface area contributed by atoms with Gasteiger partial charge in [-0.05, 0) is 48.7 Å². The lowest BCUT2D eigenvalue weighted by Crippen LogP contribution is -2.26. The Hall–Kier alpha value is -1.95. The molecule has 1 aromatic heterocycles. The molecular formula is C14H14BrN3O2. The third-order valence-electron chi connectivity index (χ3n) is 3.00. The third kappa shape index (κ3) is 3.33. The SMILES string of the molecule is Cc1cc(Br)cc(C)c1CNC(=O)c1ccc(=O)[nH]n1. The predicted octanol–water partition coefficient (Wildman–Crippen LogP) is 2.08. The maximum Gasteiger partial charge on any atom is 0.271 e. The third-order valence-corrected chi connectivity index (χ3v) is 3.46. The Kier molecular flexibility index (Phi) is 4.34. The van der Waals surface area contributed by atoms with Crippen molar-refractivity contribution < 1.29 is 4.79 Å². The normalized spacial score (nSPS) is 10.3. The van der Waals surface area contributed by atoms with Crippen molar-refractivity contribution in [3.63, 3.8) is 0 Å². The van der Waals surface area contributed by atoms with Gasteiger partial charge in [0.15, 0.2) is 0 Å². The zero-order valence-electron chi connectivity index (χ0n) is 11.2. The van der Waals surface area contributed by atoms with E-state index in [-0.39, 0.29) is 17.2 Å². The van der Waals surface area contributed by atoms with Crippen LogP contribution >= 0.6 is 15.9 Å². The summed E-state index contributed by atoms with van der Waals surface area (Å²) in [5.41, 5.74) is 3.14. The second-order valence-corrected chi connectivity index (χ2v) is 5.42. The van der Waals surface area contributed by atoms with E-state index < -0.39 is 0 Å². The summed E-state index contributed by atoms with van der Waals surface area (Å²) in [4.78, 5) is 22.8. The monoisotopic (exact) mass is 335 g/mol. The molecule has 0 unspecified atom stereocenters. The van der Waals surface area contributed by atoms with Gasteiger partial charge in [-0.1, -0.05) is 15.9 Å². The zero-order valence-corrected chi connectivity index (χ0v) is 12.7. The molecule has 0 aliphatic rings.